The molecule has 0 saturated heterocycles. The fourth-order valence-corrected chi connectivity index (χ4v) is 2.49. The number of hydrogen-bond acceptors (Lipinski definition) is 4. The van der Waals surface area contributed by atoms with Crippen molar-refractivity contribution in [1.82, 2.24) is 9.97 Å². The summed E-state index contributed by atoms with van der Waals surface area (Å²) in [6, 6.07) is 6.36. The predicted molar refractivity (Wildman–Crippen MR) is 65.2 cm³/mol. The van der Waals surface area contributed by atoms with Crippen LogP contribution in [0.2, 0.25) is 0 Å². The molecule has 0 aliphatic rings. The van der Waals surface area contributed by atoms with E-state index in [1.165, 1.54) is 24.2 Å². The van der Waals surface area contributed by atoms with Crippen LogP contribution >= 0.6 is 11.8 Å². The maximum Gasteiger partial charge on any atom is 0.129 e. The van der Waals surface area contributed by atoms with Crippen LogP contribution < -0.4 is 5.73 Å². The van der Waals surface area contributed by atoms with E-state index in [9.17, 15) is 4.39 Å². The lowest BCUT2D eigenvalue weighted by atomic mass is 10.1. The maximum atomic E-state index is 13.7. The molecule has 17 heavy (non-hydrogen) atoms. The standard InChI is InChI=1S/C12H12FN3S/c1-8(14)12-9(13)3-2-4-10(12)17-11-5-6-15-7-16-11/h2-8H,14H2,1H3/t8-/m0/s1. The summed E-state index contributed by atoms with van der Waals surface area (Å²) < 4.78 is 13.7. The van der Waals surface area contributed by atoms with Crippen LogP contribution in [0.15, 0.2) is 46.7 Å². The Morgan fingerprint density at radius 2 is 2.18 bits per heavy atom. The van der Waals surface area contributed by atoms with Crippen molar-refractivity contribution in [1.29, 1.82) is 0 Å². The Balaban J connectivity index is 2.36. The normalized spacial score (nSPS) is 12.4. The third kappa shape index (κ3) is 2.81. The van der Waals surface area contributed by atoms with E-state index in [0.717, 1.165) is 9.92 Å². The SMILES string of the molecule is C[C@H](N)c1c(F)cccc1Sc1ccncn1. The van der Waals surface area contributed by atoms with Gasteiger partial charge in [0.1, 0.15) is 17.2 Å². The van der Waals surface area contributed by atoms with Crippen molar-refractivity contribution < 1.29 is 4.39 Å². The van der Waals surface area contributed by atoms with E-state index in [4.69, 9.17) is 5.73 Å². The molecule has 1 aromatic heterocycles. The number of halogens is 1. The first kappa shape index (κ1) is 12.0. The zero-order valence-corrected chi connectivity index (χ0v) is 10.1. The van der Waals surface area contributed by atoms with Crippen LogP contribution in [0.5, 0.6) is 0 Å². The largest absolute Gasteiger partial charge is 0.324 e. The van der Waals surface area contributed by atoms with Gasteiger partial charge in [-0.15, -0.1) is 0 Å². The fraction of sp³-hybridized carbons (Fsp3) is 0.167. The van der Waals surface area contributed by atoms with Gasteiger partial charge in [0, 0.05) is 22.7 Å². The van der Waals surface area contributed by atoms with Crippen LogP contribution in [-0.2, 0) is 0 Å². The number of rotatable bonds is 3. The van der Waals surface area contributed by atoms with Crippen molar-refractivity contribution in [2.45, 2.75) is 22.9 Å². The van der Waals surface area contributed by atoms with Gasteiger partial charge in [-0.05, 0) is 25.1 Å². The highest BCUT2D eigenvalue weighted by Gasteiger charge is 2.13. The molecule has 0 amide bonds. The van der Waals surface area contributed by atoms with Crippen LogP contribution in [0.4, 0.5) is 4.39 Å². The summed E-state index contributed by atoms with van der Waals surface area (Å²) in [5.74, 6) is -0.279. The quantitative estimate of drug-likeness (QED) is 0.850. The number of aromatic nitrogens is 2. The first-order valence-electron chi connectivity index (χ1n) is 5.16. The molecule has 1 aromatic carbocycles. The second-order valence-corrected chi connectivity index (χ2v) is 4.65. The van der Waals surface area contributed by atoms with Gasteiger partial charge in [-0.1, -0.05) is 17.8 Å². The lowest BCUT2D eigenvalue weighted by Crippen LogP contribution is -2.09. The lowest BCUT2D eigenvalue weighted by molar-refractivity contribution is 0.585. The minimum atomic E-state index is -0.347. The molecule has 0 spiro atoms. The minimum Gasteiger partial charge on any atom is -0.324 e. The molecule has 0 radical (unpaired) electrons. The van der Waals surface area contributed by atoms with Gasteiger partial charge < -0.3 is 5.73 Å². The van der Waals surface area contributed by atoms with E-state index in [1.807, 2.05) is 6.07 Å². The first-order valence-corrected chi connectivity index (χ1v) is 5.98. The van der Waals surface area contributed by atoms with E-state index in [0.29, 0.717) is 5.56 Å². The summed E-state index contributed by atoms with van der Waals surface area (Å²) >= 11 is 1.39. The van der Waals surface area contributed by atoms with Gasteiger partial charge >= 0.3 is 0 Å². The van der Waals surface area contributed by atoms with Gasteiger partial charge in [-0.2, -0.15) is 0 Å². The molecule has 0 fully saturated rings. The Morgan fingerprint density at radius 1 is 1.35 bits per heavy atom. The van der Waals surface area contributed by atoms with Crippen molar-refractivity contribution in [3.63, 3.8) is 0 Å². The molecule has 88 valence electrons. The highest BCUT2D eigenvalue weighted by Crippen LogP contribution is 2.32. The third-order valence-corrected chi connectivity index (χ3v) is 3.26. The smallest absolute Gasteiger partial charge is 0.129 e. The average Bonchev–Trinajstić information content (AvgIpc) is 2.30. The van der Waals surface area contributed by atoms with E-state index >= 15 is 0 Å². The Bertz CT molecular complexity index is 502. The van der Waals surface area contributed by atoms with Crippen LogP contribution in [0.1, 0.15) is 18.5 Å². The number of benzene rings is 1. The van der Waals surface area contributed by atoms with Gasteiger partial charge in [0.25, 0.3) is 0 Å². The van der Waals surface area contributed by atoms with Gasteiger partial charge in [0.2, 0.25) is 0 Å². The monoisotopic (exact) mass is 249 g/mol. The van der Waals surface area contributed by atoms with Crippen molar-refractivity contribution >= 4 is 11.8 Å². The molecule has 2 rings (SSSR count). The molecule has 3 nitrogen and oxygen atoms in total. The molecule has 1 heterocycles. The van der Waals surface area contributed by atoms with E-state index in [2.05, 4.69) is 9.97 Å². The zero-order valence-electron chi connectivity index (χ0n) is 9.30. The third-order valence-electron chi connectivity index (χ3n) is 2.24. The highest BCUT2D eigenvalue weighted by molar-refractivity contribution is 7.99. The van der Waals surface area contributed by atoms with Gasteiger partial charge in [0.15, 0.2) is 0 Å². The van der Waals surface area contributed by atoms with Crippen LogP contribution in [0.25, 0.3) is 0 Å². The Kier molecular flexibility index (Phi) is 3.71. The summed E-state index contributed by atoms with van der Waals surface area (Å²) in [6.07, 6.45) is 3.12. The highest BCUT2D eigenvalue weighted by atomic mass is 32.2. The van der Waals surface area contributed by atoms with Gasteiger partial charge in [0.05, 0.1) is 0 Å². The predicted octanol–water partition coefficient (Wildman–Crippen LogP) is 2.79. The van der Waals surface area contributed by atoms with Gasteiger partial charge in [-0.3, -0.25) is 0 Å². The van der Waals surface area contributed by atoms with Crippen molar-refractivity contribution in [2.75, 3.05) is 0 Å². The number of nitrogens with zero attached hydrogens (tertiary/aromatic N) is 2. The fourth-order valence-electron chi connectivity index (χ4n) is 1.50. The summed E-state index contributed by atoms with van der Waals surface area (Å²) in [7, 11) is 0. The molecule has 0 saturated carbocycles. The molecule has 0 unspecified atom stereocenters. The van der Waals surface area contributed by atoms with Crippen LogP contribution in [0, 0.1) is 5.82 Å². The first-order chi connectivity index (χ1) is 8.18. The molecule has 0 aliphatic carbocycles. The summed E-state index contributed by atoms with van der Waals surface area (Å²) in [6.45, 7) is 1.77. The second-order valence-electron chi connectivity index (χ2n) is 3.59. The van der Waals surface area contributed by atoms with E-state index in [1.54, 1.807) is 25.3 Å². The second kappa shape index (κ2) is 5.25. The molecule has 1 atom stereocenters. The minimum absolute atomic E-state index is 0.279. The topological polar surface area (TPSA) is 51.8 Å². The van der Waals surface area contributed by atoms with E-state index < -0.39 is 0 Å². The number of hydrogen-bond donors (Lipinski definition) is 1. The summed E-state index contributed by atoms with van der Waals surface area (Å²) in [5, 5.41) is 0.771. The Labute approximate surface area is 103 Å². The Hall–Kier alpha value is -1.46. The molecular formula is C12H12FN3S. The maximum absolute atomic E-state index is 13.7. The lowest BCUT2D eigenvalue weighted by Gasteiger charge is -2.12. The van der Waals surface area contributed by atoms with E-state index in [-0.39, 0.29) is 11.9 Å². The molecule has 2 N–H and O–H groups in total. The zero-order chi connectivity index (χ0) is 12.3. The van der Waals surface area contributed by atoms with Crippen molar-refractivity contribution in [3.8, 4) is 0 Å². The molecular weight excluding hydrogens is 237 g/mol. The van der Waals surface area contributed by atoms with Crippen LogP contribution in [-0.4, -0.2) is 9.97 Å². The van der Waals surface area contributed by atoms with Gasteiger partial charge in [-0.25, -0.2) is 14.4 Å². The molecule has 0 aliphatic heterocycles. The molecule has 0 bridgehead atoms. The average molecular weight is 249 g/mol. The molecule has 2 aromatic rings. The molecule has 5 heteroatoms. The Morgan fingerprint density at radius 3 is 2.82 bits per heavy atom. The van der Waals surface area contributed by atoms with Crippen molar-refractivity contribution in [3.05, 3.63) is 48.2 Å². The summed E-state index contributed by atoms with van der Waals surface area (Å²) in [4.78, 5) is 8.72. The summed E-state index contributed by atoms with van der Waals surface area (Å²) in [5.41, 5.74) is 6.31. The van der Waals surface area contributed by atoms with Crippen LogP contribution in [0.3, 0.4) is 0 Å². The van der Waals surface area contributed by atoms with Crippen molar-refractivity contribution in [2.24, 2.45) is 5.73 Å². The number of nitrogens with two attached hydrogens (primary N) is 1.